The van der Waals surface area contributed by atoms with E-state index < -0.39 is 0 Å². The quantitative estimate of drug-likeness (QED) is 0.142. The van der Waals surface area contributed by atoms with Crippen molar-refractivity contribution in [1.82, 2.24) is 10.6 Å². The molecule has 37 heavy (non-hydrogen) atoms. The van der Waals surface area contributed by atoms with Crippen molar-refractivity contribution in [2.24, 2.45) is 21.6 Å². The van der Waals surface area contributed by atoms with E-state index in [2.05, 4.69) is 62.0 Å². The summed E-state index contributed by atoms with van der Waals surface area (Å²) in [5.41, 5.74) is 12.4. The summed E-state index contributed by atoms with van der Waals surface area (Å²) in [5, 5.41) is 6.80. The van der Waals surface area contributed by atoms with Crippen molar-refractivity contribution < 1.29 is 0 Å². The number of fused-ring (bicyclic) bond motifs is 3. The van der Waals surface area contributed by atoms with Gasteiger partial charge in [0.2, 0.25) is 0 Å². The van der Waals surface area contributed by atoms with Crippen LogP contribution in [0.5, 0.6) is 0 Å². The minimum absolute atomic E-state index is 0.426. The van der Waals surface area contributed by atoms with Crippen LogP contribution in [0.3, 0.4) is 0 Å². The predicted molar refractivity (Wildman–Crippen MR) is 167 cm³/mol. The average Bonchev–Trinajstić information content (AvgIpc) is 2.90. The van der Waals surface area contributed by atoms with E-state index in [9.17, 15) is 0 Å². The van der Waals surface area contributed by atoms with Crippen molar-refractivity contribution in [3.63, 3.8) is 0 Å². The Bertz CT molecular complexity index is 869. The van der Waals surface area contributed by atoms with Crippen molar-refractivity contribution >= 4 is 5.71 Å². The summed E-state index contributed by atoms with van der Waals surface area (Å²) in [6, 6.07) is 0. The Balaban J connectivity index is 0.00000111. The molecule has 4 heteroatoms. The zero-order valence-electron chi connectivity index (χ0n) is 24.5. The highest BCUT2D eigenvalue weighted by Crippen LogP contribution is 2.56. The van der Waals surface area contributed by atoms with Gasteiger partial charge >= 0.3 is 0 Å². The van der Waals surface area contributed by atoms with Crippen LogP contribution >= 0.6 is 0 Å². The molecule has 3 rings (SSSR count). The molecule has 3 aliphatic rings. The third-order valence-electron chi connectivity index (χ3n) is 7.32. The number of nitrogens with two attached hydrogens (primary N) is 1. The van der Waals surface area contributed by atoms with Crippen molar-refractivity contribution in [1.29, 1.82) is 0 Å². The summed E-state index contributed by atoms with van der Waals surface area (Å²) in [7, 11) is 0. The smallest absolute Gasteiger partial charge is 0.0686 e. The van der Waals surface area contributed by atoms with Gasteiger partial charge < -0.3 is 16.4 Å². The first-order valence-electron chi connectivity index (χ1n) is 13.5. The zero-order valence-corrected chi connectivity index (χ0v) is 24.5. The van der Waals surface area contributed by atoms with E-state index in [1.165, 1.54) is 44.1 Å². The fraction of sp³-hybridized carbons (Fsp3) is 0.485. The van der Waals surface area contributed by atoms with Crippen molar-refractivity contribution in [2.75, 3.05) is 13.1 Å². The molecule has 4 nitrogen and oxygen atoms in total. The van der Waals surface area contributed by atoms with Gasteiger partial charge in [0.1, 0.15) is 0 Å². The monoisotopic (exact) mass is 506 g/mol. The van der Waals surface area contributed by atoms with Crippen molar-refractivity contribution in [2.45, 2.75) is 79.6 Å². The molecule has 0 unspecified atom stereocenters. The maximum Gasteiger partial charge on any atom is 0.0686 e. The second-order valence-corrected chi connectivity index (χ2v) is 10.4. The summed E-state index contributed by atoms with van der Waals surface area (Å²) in [5.74, 6) is 0. The summed E-state index contributed by atoms with van der Waals surface area (Å²) < 4.78 is 0. The maximum absolute atomic E-state index is 5.80. The molecule has 0 spiro atoms. The third-order valence-corrected chi connectivity index (χ3v) is 7.32. The Morgan fingerprint density at radius 2 is 1.57 bits per heavy atom. The maximum atomic E-state index is 5.80. The van der Waals surface area contributed by atoms with Gasteiger partial charge in [0, 0.05) is 29.9 Å². The van der Waals surface area contributed by atoms with Crippen LogP contribution in [-0.2, 0) is 0 Å². The van der Waals surface area contributed by atoms with Gasteiger partial charge in [-0.05, 0) is 95.4 Å². The fourth-order valence-corrected chi connectivity index (χ4v) is 4.83. The number of aliphatic imine (C=N–C) groups is 1. The van der Waals surface area contributed by atoms with Crippen molar-refractivity contribution in [3.8, 4) is 0 Å². The first-order valence-corrected chi connectivity index (χ1v) is 13.5. The summed E-state index contributed by atoms with van der Waals surface area (Å²) >= 11 is 0. The standard InChI is InChI=1S/C23H38N4.C8H12.C2H4/c1-7-25-21(20(8-15-24)27-17(2)3)18(4)19(5)26-16-23-12-9-22(6,10-13-23)11-14-23;1-4-7-8(5-2)6-3;1-2/h7,25-26H,1,4-5,8-16,24H2,2-3,6H3;4-7H,2H2,1,3H3;1-2H2/b21-20+;7-4-,8-6-;. The van der Waals surface area contributed by atoms with Gasteiger partial charge in [-0.15, -0.1) is 13.2 Å². The number of nitrogens with one attached hydrogen (secondary N) is 2. The molecule has 0 aromatic carbocycles. The molecule has 0 amide bonds. The summed E-state index contributed by atoms with van der Waals surface area (Å²) in [4.78, 5) is 4.66. The molecule has 0 atom stereocenters. The van der Waals surface area contributed by atoms with Gasteiger partial charge in [0.25, 0.3) is 0 Å². The number of allylic oxidation sites excluding steroid dienone is 5. The fourth-order valence-electron chi connectivity index (χ4n) is 4.83. The number of nitrogens with zero attached hydrogens (tertiary/aromatic N) is 1. The minimum Gasteiger partial charge on any atom is -0.384 e. The van der Waals surface area contributed by atoms with E-state index in [1.54, 1.807) is 6.20 Å². The van der Waals surface area contributed by atoms with Crippen LogP contribution in [0, 0.1) is 10.8 Å². The number of hydrogen-bond acceptors (Lipinski definition) is 4. The van der Waals surface area contributed by atoms with Crippen LogP contribution in [0.25, 0.3) is 0 Å². The lowest BCUT2D eigenvalue weighted by atomic mass is 9.54. The Morgan fingerprint density at radius 3 is 1.95 bits per heavy atom. The second-order valence-electron chi connectivity index (χ2n) is 10.4. The van der Waals surface area contributed by atoms with E-state index in [-0.39, 0.29) is 0 Å². The molecule has 0 aromatic rings. The van der Waals surface area contributed by atoms with Gasteiger partial charge in [-0.25, -0.2) is 0 Å². The highest BCUT2D eigenvalue weighted by atomic mass is 14.9. The molecule has 0 radical (unpaired) electrons. The molecule has 0 aliphatic heterocycles. The number of rotatable bonds is 12. The van der Waals surface area contributed by atoms with Gasteiger partial charge in [0.15, 0.2) is 0 Å². The molecule has 206 valence electrons. The number of hydrogen-bond donors (Lipinski definition) is 3. The van der Waals surface area contributed by atoms with Crippen LogP contribution in [0.1, 0.15) is 79.6 Å². The molecule has 0 aromatic heterocycles. The van der Waals surface area contributed by atoms with Crippen LogP contribution in [0.15, 0.2) is 103 Å². The highest BCUT2D eigenvalue weighted by molar-refractivity contribution is 5.80. The predicted octanol–water partition coefficient (Wildman–Crippen LogP) is 8.28. The Hall–Kier alpha value is -2.85. The molecular formula is C33H54N4. The van der Waals surface area contributed by atoms with E-state index in [0.717, 1.165) is 34.9 Å². The van der Waals surface area contributed by atoms with Gasteiger partial charge in [-0.3, -0.25) is 4.99 Å². The van der Waals surface area contributed by atoms with E-state index >= 15 is 0 Å². The summed E-state index contributed by atoms with van der Waals surface area (Å²) in [6.07, 6.45) is 18.2. The lowest BCUT2D eigenvalue weighted by Gasteiger charge is -2.52. The normalized spacial score (nSPS) is 22.8. The highest BCUT2D eigenvalue weighted by Gasteiger charge is 2.45. The first-order chi connectivity index (χ1) is 17.6. The van der Waals surface area contributed by atoms with E-state index in [0.29, 0.717) is 23.8 Å². The van der Waals surface area contributed by atoms with Crippen molar-refractivity contribution in [3.05, 3.63) is 98.2 Å². The van der Waals surface area contributed by atoms with E-state index in [4.69, 9.17) is 5.73 Å². The summed E-state index contributed by atoms with van der Waals surface area (Å²) in [6.45, 7) is 33.9. The zero-order chi connectivity index (χ0) is 28.5. The second kappa shape index (κ2) is 17.6. The van der Waals surface area contributed by atoms with Gasteiger partial charge in [0.05, 0.1) is 11.4 Å². The molecular weight excluding hydrogens is 452 g/mol. The molecule has 3 fully saturated rings. The van der Waals surface area contributed by atoms with Crippen LogP contribution in [0.4, 0.5) is 0 Å². The molecule has 3 aliphatic carbocycles. The third kappa shape index (κ3) is 11.4. The van der Waals surface area contributed by atoms with Gasteiger partial charge in [-0.1, -0.05) is 57.5 Å². The van der Waals surface area contributed by atoms with Crippen LogP contribution in [0.2, 0.25) is 0 Å². The average molecular weight is 507 g/mol. The Labute approximate surface area is 228 Å². The Morgan fingerprint density at radius 1 is 1.00 bits per heavy atom. The lowest BCUT2D eigenvalue weighted by Crippen LogP contribution is -2.45. The topological polar surface area (TPSA) is 62.4 Å². The first kappa shape index (κ1) is 34.1. The minimum atomic E-state index is 0.426. The van der Waals surface area contributed by atoms with Crippen LogP contribution in [-0.4, -0.2) is 18.8 Å². The largest absolute Gasteiger partial charge is 0.384 e. The SMILES string of the molecule is C=C.C=CC(/C=C\C)=C/C.C=CN/C(C(=C)C(=C)NCC12CCC(C)(CC1)CC2)=C(\CCN)N=C(C)C. The van der Waals surface area contributed by atoms with E-state index in [1.807, 2.05) is 52.0 Å². The molecule has 0 heterocycles. The molecule has 0 saturated heterocycles. The molecule has 2 bridgehead atoms. The van der Waals surface area contributed by atoms with Crippen LogP contribution < -0.4 is 16.4 Å². The molecule has 4 N–H and O–H groups in total. The van der Waals surface area contributed by atoms with Gasteiger partial charge in [-0.2, -0.15) is 0 Å². The lowest BCUT2D eigenvalue weighted by molar-refractivity contribution is 0.00558. The Kier molecular flexibility index (Phi) is 16.2. The molecule has 3 saturated carbocycles.